The van der Waals surface area contributed by atoms with E-state index in [9.17, 15) is 9.59 Å². The number of rotatable bonds is 21. The Balaban J connectivity index is 1.44. The van der Waals surface area contributed by atoms with Crippen LogP contribution in [0, 0.1) is 0 Å². The van der Waals surface area contributed by atoms with Crippen LogP contribution < -0.4 is 9.30 Å². The zero-order valence-corrected chi connectivity index (χ0v) is 28.1. The minimum atomic E-state index is -0.710. The number of aromatic nitrogens is 1. The van der Waals surface area contributed by atoms with Crippen LogP contribution in [0.15, 0.2) is 73.1 Å². The van der Waals surface area contributed by atoms with Gasteiger partial charge in [-0.2, -0.15) is 0 Å². The maximum atomic E-state index is 13.4. The number of ether oxygens (including phenoxy) is 2. The molecule has 0 aliphatic rings. The Morgan fingerprint density at radius 1 is 0.756 bits per heavy atom. The molecular weight excluding hydrogens is 584 g/mol. The molecule has 0 saturated heterocycles. The number of hydrogen-bond acceptors (Lipinski definition) is 4. The largest absolute Gasteiger partial charge is 0.492 e. The zero-order chi connectivity index (χ0) is 32.1. The molecule has 7 heteroatoms. The van der Waals surface area contributed by atoms with Gasteiger partial charge in [-0.3, -0.25) is 4.79 Å². The van der Waals surface area contributed by atoms with Crippen molar-refractivity contribution in [1.29, 1.82) is 0 Å². The predicted octanol–water partition coefficient (Wildman–Crippen LogP) is 10.1. The van der Waals surface area contributed by atoms with Gasteiger partial charge >= 0.3 is 6.09 Å². The van der Waals surface area contributed by atoms with Crippen molar-refractivity contribution in [2.24, 2.45) is 0 Å². The van der Waals surface area contributed by atoms with Crippen LogP contribution in [0.5, 0.6) is 5.75 Å². The van der Waals surface area contributed by atoms with Gasteiger partial charge in [0.2, 0.25) is 0 Å². The highest BCUT2D eigenvalue weighted by Gasteiger charge is 2.25. The van der Waals surface area contributed by atoms with E-state index in [1.54, 1.807) is 30.3 Å². The number of pyridine rings is 1. The fourth-order valence-corrected chi connectivity index (χ4v) is 5.56. The molecule has 0 spiro atoms. The van der Waals surface area contributed by atoms with Crippen molar-refractivity contribution in [3.05, 3.63) is 94.8 Å². The van der Waals surface area contributed by atoms with Crippen LogP contribution in [0.1, 0.15) is 119 Å². The fraction of sp³-hybridized carbons (Fsp3) is 0.500. The van der Waals surface area contributed by atoms with E-state index in [1.807, 2.05) is 42.7 Å². The van der Waals surface area contributed by atoms with Crippen molar-refractivity contribution in [2.75, 3.05) is 6.61 Å². The highest BCUT2D eigenvalue weighted by molar-refractivity contribution is 6.32. The summed E-state index contributed by atoms with van der Waals surface area (Å²) >= 11 is 6.50. The fourth-order valence-electron chi connectivity index (χ4n) is 5.30. The van der Waals surface area contributed by atoms with Gasteiger partial charge in [0.05, 0.1) is 18.2 Å². The second kappa shape index (κ2) is 21.4. The van der Waals surface area contributed by atoms with Crippen LogP contribution in [0.3, 0.4) is 0 Å². The number of amides is 2. The Morgan fingerprint density at radius 2 is 1.42 bits per heavy atom. The monoisotopic (exact) mass is 635 g/mol. The Morgan fingerprint density at radius 3 is 2.07 bits per heavy atom. The summed E-state index contributed by atoms with van der Waals surface area (Å²) in [5, 5.41) is 0.476. The first-order valence-electron chi connectivity index (χ1n) is 16.9. The third-order valence-corrected chi connectivity index (χ3v) is 8.14. The van der Waals surface area contributed by atoms with Crippen molar-refractivity contribution >= 4 is 23.6 Å². The van der Waals surface area contributed by atoms with E-state index >= 15 is 0 Å². The van der Waals surface area contributed by atoms with E-state index in [-0.39, 0.29) is 13.2 Å². The van der Waals surface area contributed by atoms with Crippen LogP contribution >= 0.6 is 11.6 Å². The highest BCUT2D eigenvalue weighted by Crippen LogP contribution is 2.26. The molecule has 3 aromatic rings. The van der Waals surface area contributed by atoms with Crippen molar-refractivity contribution in [2.45, 2.75) is 117 Å². The van der Waals surface area contributed by atoms with E-state index in [2.05, 4.69) is 18.4 Å². The van der Waals surface area contributed by atoms with Crippen molar-refractivity contribution in [3.63, 3.8) is 0 Å². The maximum Gasteiger partial charge on any atom is 0.417 e. The summed E-state index contributed by atoms with van der Waals surface area (Å²) in [7, 11) is 0. The minimum Gasteiger partial charge on any atom is -0.492 e. The molecule has 0 saturated carbocycles. The topological polar surface area (TPSA) is 59.7 Å². The Hall–Kier alpha value is -3.38. The molecule has 6 nitrogen and oxygen atoms in total. The molecule has 244 valence electrons. The van der Waals surface area contributed by atoms with Crippen LogP contribution in [-0.2, 0) is 24.4 Å². The average Bonchev–Trinajstić information content (AvgIpc) is 3.06. The Bertz CT molecular complexity index is 1280. The van der Waals surface area contributed by atoms with E-state index < -0.39 is 12.0 Å². The number of hydrogen-bond donors (Lipinski definition) is 0. The highest BCUT2D eigenvalue weighted by atomic mass is 35.5. The van der Waals surface area contributed by atoms with Gasteiger partial charge in [0.15, 0.2) is 12.4 Å². The van der Waals surface area contributed by atoms with Gasteiger partial charge in [-0.1, -0.05) is 120 Å². The van der Waals surface area contributed by atoms with Gasteiger partial charge in [0, 0.05) is 23.6 Å². The van der Waals surface area contributed by atoms with E-state index in [4.69, 9.17) is 21.1 Å². The normalized spacial score (nSPS) is 10.9. The number of benzene rings is 2. The average molecular weight is 636 g/mol. The molecule has 0 fully saturated rings. The number of aryl methyl sites for hydroxylation is 1. The number of imide groups is 1. The maximum absolute atomic E-state index is 13.4. The van der Waals surface area contributed by atoms with Crippen LogP contribution in [0.4, 0.5) is 4.79 Å². The summed E-state index contributed by atoms with van der Waals surface area (Å²) in [6.45, 7) is 5.93. The van der Waals surface area contributed by atoms with Gasteiger partial charge in [0.1, 0.15) is 18.9 Å². The van der Waals surface area contributed by atoms with Crippen LogP contribution in [0.25, 0.3) is 0 Å². The summed E-state index contributed by atoms with van der Waals surface area (Å²) in [5.41, 5.74) is 1.98. The Kier molecular flexibility index (Phi) is 17.1. The molecule has 3 rings (SSSR count). The molecule has 0 unspecified atom stereocenters. The smallest absolute Gasteiger partial charge is 0.417 e. The third kappa shape index (κ3) is 13.7. The SMILES string of the molecule is CCCCCCCCCCCCCCOc1ccc(COC(=O)N(Cc2ccc[n+](CCC)c2)C(=O)c2ccccc2)cc1Cl. The molecule has 0 N–H and O–H groups in total. The van der Waals surface area contributed by atoms with E-state index in [0.717, 1.165) is 41.8 Å². The van der Waals surface area contributed by atoms with Crippen LogP contribution in [-0.4, -0.2) is 23.5 Å². The number of halogens is 1. The van der Waals surface area contributed by atoms with Gasteiger partial charge in [-0.15, -0.1) is 0 Å². The predicted molar refractivity (Wildman–Crippen MR) is 181 cm³/mol. The van der Waals surface area contributed by atoms with Gasteiger partial charge in [0.25, 0.3) is 5.91 Å². The number of unbranched alkanes of at least 4 members (excludes halogenated alkanes) is 11. The Labute approximate surface area is 275 Å². The molecule has 2 amide bonds. The number of carbonyl (C=O) groups excluding carboxylic acids is 2. The minimum absolute atomic E-state index is 0.0131. The summed E-state index contributed by atoms with van der Waals surface area (Å²) in [6.07, 6.45) is 19.8. The standard InChI is InChI=1S/C38H52ClN2O4/c1-3-5-6-7-8-9-10-11-12-13-14-18-27-44-36-24-23-32(28-35(36)39)31-45-38(43)41(37(42)34-21-16-15-17-22-34)30-33-20-19-26-40(29-33)25-4-2/h15-17,19-24,26,28-29H,3-14,18,25,27,30-31H2,1-2H3/q+1. The molecule has 1 aromatic heterocycles. The van der Waals surface area contributed by atoms with Crippen molar-refractivity contribution in [3.8, 4) is 5.75 Å². The zero-order valence-electron chi connectivity index (χ0n) is 27.4. The first-order valence-corrected chi connectivity index (χ1v) is 17.3. The van der Waals surface area contributed by atoms with E-state index in [0.29, 0.717) is 22.9 Å². The van der Waals surface area contributed by atoms with Gasteiger partial charge in [-0.25, -0.2) is 14.3 Å². The summed E-state index contributed by atoms with van der Waals surface area (Å²) in [5.74, 6) is 0.214. The lowest BCUT2D eigenvalue weighted by atomic mass is 10.1. The second-order valence-electron chi connectivity index (χ2n) is 11.8. The van der Waals surface area contributed by atoms with Gasteiger partial charge < -0.3 is 9.47 Å². The molecule has 0 atom stereocenters. The lowest BCUT2D eigenvalue weighted by Crippen LogP contribution is -2.38. The van der Waals surface area contributed by atoms with Gasteiger partial charge in [-0.05, 0) is 42.3 Å². The molecule has 0 radical (unpaired) electrons. The number of carbonyl (C=O) groups is 2. The summed E-state index contributed by atoms with van der Waals surface area (Å²) in [6, 6.07) is 18.0. The molecule has 1 heterocycles. The molecule has 0 aliphatic carbocycles. The molecule has 0 aliphatic heterocycles. The number of nitrogens with zero attached hydrogens (tertiary/aromatic N) is 2. The quantitative estimate of drug-likeness (QED) is 0.0863. The molecule has 0 bridgehead atoms. The van der Waals surface area contributed by atoms with Crippen molar-refractivity contribution in [1.82, 2.24) is 4.90 Å². The van der Waals surface area contributed by atoms with Crippen LogP contribution in [0.2, 0.25) is 5.02 Å². The van der Waals surface area contributed by atoms with E-state index in [1.165, 1.54) is 64.2 Å². The first-order chi connectivity index (χ1) is 22.0. The summed E-state index contributed by atoms with van der Waals surface area (Å²) in [4.78, 5) is 27.8. The first kappa shape index (κ1) is 36.1. The summed E-state index contributed by atoms with van der Waals surface area (Å²) < 4.78 is 13.6. The lowest BCUT2D eigenvalue weighted by Gasteiger charge is -2.20. The molecule has 45 heavy (non-hydrogen) atoms. The molecular formula is C38H52ClN2O4+. The van der Waals surface area contributed by atoms with Crippen molar-refractivity contribution < 1.29 is 23.6 Å². The second-order valence-corrected chi connectivity index (χ2v) is 12.2. The third-order valence-electron chi connectivity index (χ3n) is 7.84. The molecule has 2 aromatic carbocycles. The lowest BCUT2D eigenvalue weighted by molar-refractivity contribution is -0.697.